The van der Waals surface area contributed by atoms with Gasteiger partial charge in [0.05, 0.1) is 0 Å². The first-order valence-electron chi connectivity index (χ1n) is 32.3. The van der Waals surface area contributed by atoms with Gasteiger partial charge in [0, 0.05) is 77.9 Å². The van der Waals surface area contributed by atoms with Crippen LogP contribution in [0.3, 0.4) is 0 Å². The van der Waals surface area contributed by atoms with Gasteiger partial charge >= 0.3 is 72.6 Å². The van der Waals surface area contributed by atoms with Crippen molar-refractivity contribution in [3.05, 3.63) is 85.1 Å². The monoisotopic (exact) mass is 1480 g/mol. The number of piperidine rings is 1. The highest BCUT2D eigenvalue weighted by Crippen LogP contribution is 2.39. The van der Waals surface area contributed by atoms with Crippen molar-refractivity contribution in [3.8, 4) is 0 Å². The number of rotatable bonds is 20. The summed E-state index contributed by atoms with van der Waals surface area (Å²) in [6.45, 7) is 46.1. The minimum absolute atomic E-state index is 0.0470. The Morgan fingerprint density at radius 3 is 1.16 bits per heavy atom. The van der Waals surface area contributed by atoms with E-state index in [2.05, 4.69) is 74.1 Å². The maximum atomic E-state index is 12.3. The van der Waals surface area contributed by atoms with Gasteiger partial charge in [0.15, 0.2) is 12.2 Å². The van der Waals surface area contributed by atoms with E-state index >= 15 is 0 Å². The Labute approximate surface area is 587 Å². The average molecular weight is 1480 g/mol. The summed E-state index contributed by atoms with van der Waals surface area (Å²) in [5.41, 5.74) is -2.39. The fourth-order valence-corrected chi connectivity index (χ4v) is 8.17. The zero-order chi connectivity index (χ0) is 80.1. The van der Waals surface area contributed by atoms with E-state index in [1.807, 2.05) is 39.8 Å². The van der Waals surface area contributed by atoms with Crippen LogP contribution in [0.2, 0.25) is 0 Å². The molecule has 0 aromatic heterocycles. The summed E-state index contributed by atoms with van der Waals surface area (Å²) in [6, 6.07) is 0. The van der Waals surface area contributed by atoms with E-state index in [4.69, 9.17) is 28.8 Å². The zero-order valence-corrected chi connectivity index (χ0v) is 61.4. The molecule has 3 fully saturated rings. The molecule has 1 saturated heterocycles. The lowest BCUT2D eigenvalue weighted by Gasteiger charge is -2.34. The number of esters is 7. The van der Waals surface area contributed by atoms with Crippen LogP contribution in [0, 0.1) is 0 Å². The highest BCUT2D eigenvalue weighted by Gasteiger charge is 2.60. The molecular formula is C70H108F12N2O17. The second-order valence-corrected chi connectivity index (χ2v) is 26.1. The number of likely N-dealkylation sites (tertiary alicyclic amines) is 1. The number of hydrogen-bond acceptors (Lipinski definition) is 18. The average Bonchev–Trinajstić information content (AvgIpc) is 1.30. The summed E-state index contributed by atoms with van der Waals surface area (Å²) < 4.78 is 180. The number of aliphatic hydroxyl groups is 1. The molecule has 1 heterocycles. The molecule has 2 atom stereocenters. The summed E-state index contributed by atoms with van der Waals surface area (Å²) in [5.74, 6) is -4.67. The molecule has 2 aliphatic carbocycles. The molecule has 31 heteroatoms. The van der Waals surface area contributed by atoms with Crippen LogP contribution in [0.15, 0.2) is 85.1 Å². The van der Waals surface area contributed by atoms with Crippen molar-refractivity contribution in [2.75, 3.05) is 46.9 Å². The minimum atomic E-state index is -5.69. The van der Waals surface area contributed by atoms with E-state index in [1.54, 1.807) is 32.6 Å². The fourth-order valence-electron chi connectivity index (χ4n) is 8.17. The van der Waals surface area contributed by atoms with Gasteiger partial charge in [0.1, 0.15) is 35.6 Å². The van der Waals surface area contributed by atoms with Crippen LogP contribution >= 0.6 is 0 Å². The normalized spacial score (nSPS) is 15.9. The lowest BCUT2D eigenvalue weighted by atomic mass is 9.85. The van der Waals surface area contributed by atoms with Crippen molar-refractivity contribution >= 4 is 47.9 Å². The SMILES string of the molecule is C=C(C)C(=O)OC(C(F)(F)F)C(F)(F)F.C=C(C)C(=O)OC(C)CC(C)(O)C(F)(F)F.C=C(C)C(=O)OC1(CC)CCCC1.C=C(C)C(=O)OC1(CC)CCCCCCC1.C=C(C)C(=O)OC1CCN(C(=O)OC(C)(C)C)CC1.C=C(C)C(=O)OCC(F)(F)F.C=C(C)C(=O)OCCN(C)C. The van der Waals surface area contributed by atoms with Crippen LogP contribution in [0.1, 0.15) is 200 Å². The van der Waals surface area contributed by atoms with Crippen molar-refractivity contribution < 1.29 is 134 Å². The Kier molecular flexibility index (Phi) is 46.1. The molecule has 0 aromatic carbocycles. The first-order chi connectivity index (χ1) is 45.7. The van der Waals surface area contributed by atoms with E-state index in [-0.39, 0.29) is 58.4 Å². The molecule has 2 saturated carbocycles. The standard InChI is InChI=1S/C14H23NO4.C14H24O2.C11H18O2.C10H15F3O3.C8H15NO2.C7H6F6O2.C6H7F3O2/c1-10(2)12(16)18-11-6-8-15(9-7-11)13(17)19-14(3,4)5;1-4-14(16-13(15)12(2)3)10-8-6-5-7-9-11-14;1-4-11(7-5-6-8-11)13-10(12)9(2)3;1-6(2)8(14)16-7(3)5-9(4,15)10(11,12)13;1-7(2)8(10)11-6-5-9(3)4;1-3(2)4(14)15-5(6(8,9)10)7(11,12)13;1-4(2)5(10)11-3-6(7,8)9/h11H,1,6-9H2,2-5H3;2,4-11H2,1,3H3;2,4-8H2,1,3H3;7,15H,1,5H2,2-4H3;1,5-6H2,2-4H3;5H,1H2,2H3;1,3H2,2H3. The molecule has 1 N–H and O–H groups in total. The molecule has 1 amide bonds. The summed E-state index contributed by atoms with van der Waals surface area (Å²) in [5, 5.41) is 9.13. The van der Waals surface area contributed by atoms with E-state index in [0.29, 0.717) is 61.8 Å². The molecule has 0 aromatic rings. The molecule has 2 unspecified atom stereocenters. The summed E-state index contributed by atoms with van der Waals surface area (Å²) in [6.07, 6.45) is -11.2. The van der Waals surface area contributed by atoms with Crippen LogP contribution in [0.25, 0.3) is 0 Å². The molecular weight excluding hydrogens is 1370 g/mol. The molecule has 3 rings (SSSR count). The van der Waals surface area contributed by atoms with Gasteiger partial charge in [-0.05, 0) is 161 Å². The predicted octanol–water partition coefficient (Wildman–Crippen LogP) is 16.5. The summed E-state index contributed by atoms with van der Waals surface area (Å²) in [4.78, 5) is 92.5. The van der Waals surface area contributed by atoms with Gasteiger partial charge in [-0.2, -0.15) is 52.7 Å². The third-order valence-corrected chi connectivity index (χ3v) is 14.1. The van der Waals surface area contributed by atoms with Gasteiger partial charge in [-0.1, -0.05) is 79.2 Å². The molecule has 0 bridgehead atoms. The van der Waals surface area contributed by atoms with Crippen LogP contribution < -0.4 is 0 Å². The quantitative estimate of drug-likeness (QED) is 0.0516. The third-order valence-electron chi connectivity index (χ3n) is 14.1. The van der Waals surface area contributed by atoms with E-state index < -0.39 is 84.6 Å². The lowest BCUT2D eigenvalue weighted by Crippen LogP contribution is -2.45. The van der Waals surface area contributed by atoms with Gasteiger partial charge in [-0.25, -0.2) is 38.4 Å². The Hall–Kier alpha value is -7.18. The first-order valence-corrected chi connectivity index (χ1v) is 32.3. The highest BCUT2D eigenvalue weighted by molar-refractivity contribution is 5.89. The number of ether oxygens (including phenoxy) is 8. The van der Waals surface area contributed by atoms with E-state index in [1.165, 1.54) is 65.7 Å². The first kappa shape index (κ1) is 100. The number of alkyl halides is 12. The summed E-state index contributed by atoms with van der Waals surface area (Å²) >= 11 is 0. The Morgan fingerprint density at radius 2 is 0.851 bits per heavy atom. The third kappa shape index (κ3) is 47.6. The van der Waals surface area contributed by atoms with Crippen LogP contribution in [-0.4, -0.2) is 175 Å². The molecule has 101 heavy (non-hydrogen) atoms. The second kappa shape index (κ2) is 46.4. The largest absolute Gasteiger partial charge is 0.461 e. The van der Waals surface area contributed by atoms with E-state index in [9.17, 15) is 91.0 Å². The maximum Gasteiger partial charge on any atom is 0.434 e. The van der Waals surface area contributed by atoms with Gasteiger partial charge in [-0.3, -0.25) is 0 Å². The van der Waals surface area contributed by atoms with Crippen molar-refractivity contribution in [2.24, 2.45) is 0 Å². The number of carbonyl (C=O) groups excluding carboxylic acids is 8. The Balaban J connectivity index is -0.000000548. The van der Waals surface area contributed by atoms with E-state index in [0.717, 1.165) is 52.0 Å². The van der Waals surface area contributed by atoms with Gasteiger partial charge in [0.2, 0.25) is 0 Å². The Morgan fingerprint density at radius 1 is 0.515 bits per heavy atom. The van der Waals surface area contributed by atoms with Crippen LogP contribution in [0.4, 0.5) is 57.5 Å². The molecule has 0 radical (unpaired) electrons. The number of halogens is 12. The molecule has 584 valence electrons. The predicted molar refractivity (Wildman–Crippen MR) is 355 cm³/mol. The lowest BCUT2D eigenvalue weighted by molar-refractivity contribution is -0.312. The Bertz CT molecular complexity index is 2710. The number of likely N-dealkylation sites (N-methyl/N-ethyl adjacent to an activating group) is 1. The van der Waals surface area contributed by atoms with Crippen molar-refractivity contribution in [3.63, 3.8) is 0 Å². The maximum absolute atomic E-state index is 12.3. The molecule has 1 aliphatic heterocycles. The topological polar surface area (TPSA) is 237 Å². The minimum Gasteiger partial charge on any atom is -0.461 e. The van der Waals surface area contributed by atoms with Crippen molar-refractivity contribution in [1.29, 1.82) is 0 Å². The zero-order valence-electron chi connectivity index (χ0n) is 61.4. The van der Waals surface area contributed by atoms with Gasteiger partial charge in [-0.15, -0.1) is 0 Å². The highest BCUT2D eigenvalue weighted by atomic mass is 19.4. The number of nitrogens with zero attached hydrogens (tertiary/aromatic N) is 2. The number of carbonyl (C=O) groups is 8. The number of hydrogen-bond donors (Lipinski definition) is 1. The number of amides is 1. The fraction of sp³-hybridized carbons (Fsp3) is 0.686. The second-order valence-electron chi connectivity index (χ2n) is 26.1. The van der Waals surface area contributed by atoms with Crippen LogP contribution in [-0.2, 0) is 71.5 Å². The summed E-state index contributed by atoms with van der Waals surface area (Å²) in [7, 11) is 3.85. The van der Waals surface area contributed by atoms with Crippen LogP contribution in [0.5, 0.6) is 0 Å². The molecule has 19 nitrogen and oxygen atoms in total. The van der Waals surface area contributed by atoms with Crippen molar-refractivity contribution in [2.45, 2.75) is 265 Å². The van der Waals surface area contributed by atoms with Gasteiger partial charge in [0.25, 0.3) is 6.10 Å². The van der Waals surface area contributed by atoms with Crippen molar-refractivity contribution in [1.82, 2.24) is 9.80 Å². The molecule has 3 aliphatic rings. The molecule has 0 spiro atoms. The van der Waals surface area contributed by atoms with Gasteiger partial charge < -0.3 is 52.8 Å². The smallest absolute Gasteiger partial charge is 0.434 e.